The van der Waals surface area contributed by atoms with Crippen LogP contribution in [0.1, 0.15) is 12.0 Å². The molecule has 2 aromatic carbocycles. The monoisotopic (exact) mass is 471 g/mol. The number of hydrogen-bond donors (Lipinski definition) is 0. The largest absolute Gasteiger partial charge is 0.416 e. The van der Waals surface area contributed by atoms with Gasteiger partial charge in [0.15, 0.2) is 0 Å². The number of nitrogens with zero attached hydrogens (tertiary/aromatic N) is 3. The van der Waals surface area contributed by atoms with Gasteiger partial charge in [0.1, 0.15) is 0 Å². The molecular formula is C21H18Cl2F3N3O2. The molecule has 0 aromatic heterocycles. The van der Waals surface area contributed by atoms with Crippen LogP contribution in [-0.4, -0.2) is 48.9 Å². The predicted molar refractivity (Wildman–Crippen MR) is 113 cm³/mol. The number of rotatable bonds is 3. The van der Waals surface area contributed by atoms with E-state index in [1.807, 2.05) is 9.80 Å². The Hall–Kier alpha value is -2.29. The Labute approximate surface area is 186 Å². The van der Waals surface area contributed by atoms with Crippen molar-refractivity contribution in [3.8, 4) is 0 Å². The molecule has 0 bridgehead atoms. The lowest BCUT2D eigenvalue weighted by molar-refractivity contribution is -0.137. The van der Waals surface area contributed by atoms with Crippen molar-refractivity contribution in [1.29, 1.82) is 0 Å². The summed E-state index contributed by atoms with van der Waals surface area (Å²) in [6.45, 7) is 1.81. The highest BCUT2D eigenvalue weighted by Gasteiger charge is 2.43. The van der Waals surface area contributed by atoms with E-state index in [2.05, 4.69) is 0 Å². The molecule has 5 nitrogen and oxygen atoms in total. The van der Waals surface area contributed by atoms with Gasteiger partial charge in [-0.3, -0.25) is 14.5 Å². The number of anilines is 2. The van der Waals surface area contributed by atoms with E-state index in [9.17, 15) is 22.8 Å². The molecule has 10 heteroatoms. The molecule has 2 heterocycles. The Morgan fingerprint density at radius 1 is 0.871 bits per heavy atom. The van der Waals surface area contributed by atoms with E-state index in [1.165, 1.54) is 18.2 Å². The quantitative estimate of drug-likeness (QED) is 0.619. The lowest BCUT2D eigenvalue weighted by atomic mass is 10.1. The van der Waals surface area contributed by atoms with Crippen LogP contribution in [0, 0.1) is 0 Å². The third kappa shape index (κ3) is 4.37. The summed E-state index contributed by atoms with van der Waals surface area (Å²) in [5.41, 5.74) is 0.163. The van der Waals surface area contributed by atoms with E-state index in [-0.39, 0.29) is 23.3 Å². The first-order valence-corrected chi connectivity index (χ1v) is 10.4. The number of carbonyl (C=O) groups is 2. The molecule has 0 spiro atoms. The van der Waals surface area contributed by atoms with Crippen molar-refractivity contribution in [3.05, 3.63) is 58.1 Å². The zero-order valence-corrected chi connectivity index (χ0v) is 17.7. The van der Waals surface area contributed by atoms with Gasteiger partial charge in [-0.05, 0) is 36.4 Å². The normalized spacial score (nSPS) is 20.6. The fraction of sp³-hybridized carbons (Fsp3) is 0.333. The standard InChI is InChI=1S/C21H18Cl2F3N3O2/c22-16-5-4-15(11-17(16)23)29-19(30)12-18(20(29)31)28-8-6-27(7-9-28)14-3-1-2-13(10-14)21(24,25)26/h1-5,10-11,18H,6-9,12H2/t18-/m0/s1. The summed E-state index contributed by atoms with van der Waals surface area (Å²) in [6.07, 6.45) is -4.36. The van der Waals surface area contributed by atoms with Gasteiger partial charge in [-0.15, -0.1) is 0 Å². The Morgan fingerprint density at radius 2 is 1.58 bits per heavy atom. The Bertz CT molecular complexity index is 1020. The zero-order chi connectivity index (χ0) is 22.3. The second-order valence-corrected chi connectivity index (χ2v) is 8.27. The SMILES string of the molecule is O=C1C[C@H](N2CCN(c3cccc(C(F)(F)F)c3)CC2)C(=O)N1c1ccc(Cl)c(Cl)c1. The van der Waals surface area contributed by atoms with Crippen molar-refractivity contribution in [2.24, 2.45) is 0 Å². The molecule has 2 amide bonds. The van der Waals surface area contributed by atoms with Crippen LogP contribution in [0.3, 0.4) is 0 Å². The van der Waals surface area contributed by atoms with Gasteiger partial charge < -0.3 is 4.90 Å². The number of hydrogen-bond acceptors (Lipinski definition) is 4. The van der Waals surface area contributed by atoms with E-state index in [0.717, 1.165) is 17.0 Å². The average molecular weight is 472 g/mol. The molecule has 31 heavy (non-hydrogen) atoms. The molecule has 2 aliphatic rings. The van der Waals surface area contributed by atoms with Crippen LogP contribution in [0.4, 0.5) is 24.5 Å². The van der Waals surface area contributed by atoms with Crippen molar-refractivity contribution < 1.29 is 22.8 Å². The average Bonchev–Trinajstić information content (AvgIpc) is 3.04. The predicted octanol–water partition coefficient (Wildman–Crippen LogP) is 4.47. The summed E-state index contributed by atoms with van der Waals surface area (Å²) in [6, 6.07) is 9.17. The summed E-state index contributed by atoms with van der Waals surface area (Å²) >= 11 is 11.9. The van der Waals surface area contributed by atoms with Crippen molar-refractivity contribution in [2.75, 3.05) is 36.0 Å². The molecule has 0 saturated carbocycles. The van der Waals surface area contributed by atoms with Gasteiger partial charge in [0, 0.05) is 31.9 Å². The van der Waals surface area contributed by atoms with Gasteiger partial charge in [0.2, 0.25) is 5.91 Å². The molecule has 1 atom stereocenters. The number of halogens is 5. The maximum Gasteiger partial charge on any atom is 0.416 e. The van der Waals surface area contributed by atoms with Gasteiger partial charge in [0.25, 0.3) is 5.91 Å². The Kier molecular flexibility index (Phi) is 5.89. The number of amides is 2. The van der Waals surface area contributed by atoms with E-state index >= 15 is 0 Å². The molecule has 2 aromatic rings. The van der Waals surface area contributed by atoms with Gasteiger partial charge >= 0.3 is 6.18 Å². The van der Waals surface area contributed by atoms with Crippen LogP contribution in [0.25, 0.3) is 0 Å². The number of piperazine rings is 1. The highest BCUT2D eigenvalue weighted by Crippen LogP contribution is 2.33. The van der Waals surface area contributed by atoms with E-state index in [4.69, 9.17) is 23.2 Å². The molecule has 2 aliphatic heterocycles. The second-order valence-electron chi connectivity index (χ2n) is 7.46. The Morgan fingerprint density at radius 3 is 2.23 bits per heavy atom. The summed E-state index contributed by atoms with van der Waals surface area (Å²) in [4.78, 5) is 30.4. The maximum atomic E-state index is 13.0. The number of alkyl halides is 3. The summed E-state index contributed by atoms with van der Waals surface area (Å²) in [7, 11) is 0. The molecule has 0 radical (unpaired) electrons. The van der Waals surface area contributed by atoms with Crippen molar-refractivity contribution in [1.82, 2.24) is 4.90 Å². The van der Waals surface area contributed by atoms with Crippen LogP contribution >= 0.6 is 23.2 Å². The number of carbonyl (C=O) groups excluding carboxylic acids is 2. The van der Waals surface area contributed by atoms with Crippen LogP contribution in [0.2, 0.25) is 10.0 Å². The topological polar surface area (TPSA) is 43.9 Å². The van der Waals surface area contributed by atoms with Gasteiger partial charge in [-0.25, -0.2) is 4.90 Å². The lowest BCUT2D eigenvalue weighted by Gasteiger charge is -2.38. The van der Waals surface area contributed by atoms with Crippen molar-refractivity contribution in [2.45, 2.75) is 18.6 Å². The third-order valence-electron chi connectivity index (χ3n) is 5.58. The zero-order valence-electron chi connectivity index (χ0n) is 16.2. The van der Waals surface area contributed by atoms with Gasteiger partial charge in [-0.2, -0.15) is 13.2 Å². The van der Waals surface area contributed by atoms with Crippen molar-refractivity contribution in [3.63, 3.8) is 0 Å². The van der Waals surface area contributed by atoms with Crippen LogP contribution < -0.4 is 9.80 Å². The fourth-order valence-electron chi connectivity index (χ4n) is 3.97. The lowest BCUT2D eigenvalue weighted by Crippen LogP contribution is -2.52. The first-order chi connectivity index (χ1) is 14.6. The van der Waals surface area contributed by atoms with Gasteiger partial charge in [-0.1, -0.05) is 29.3 Å². The minimum atomic E-state index is -4.40. The number of imide groups is 1. The molecule has 0 N–H and O–H groups in total. The van der Waals surface area contributed by atoms with Crippen LogP contribution in [0.15, 0.2) is 42.5 Å². The minimum absolute atomic E-state index is 0.0443. The highest BCUT2D eigenvalue weighted by molar-refractivity contribution is 6.42. The molecule has 164 valence electrons. The number of benzene rings is 2. The summed E-state index contributed by atoms with van der Waals surface area (Å²) in [5.74, 6) is -0.662. The summed E-state index contributed by atoms with van der Waals surface area (Å²) < 4.78 is 39.0. The molecule has 2 fully saturated rings. The molecular weight excluding hydrogens is 454 g/mol. The first kappa shape index (κ1) is 21.9. The van der Waals surface area contributed by atoms with Crippen molar-refractivity contribution >= 4 is 46.4 Å². The van der Waals surface area contributed by atoms with E-state index < -0.39 is 17.8 Å². The smallest absolute Gasteiger partial charge is 0.369 e. The van der Waals surface area contributed by atoms with E-state index in [1.54, 1.807) is 12.1 Å². The highest BCUT2D eigenvalue weighted by atomic mass is 35.5. The molecule has 0 unspecified atom stereocenters. The maximum absolute atomic E-state index is 13.0. The minimum Gasteiger partial charge on any atom is -0.369 e. The Balaban J connectivity index is 1.44. The molecule has 4 rings (SSSR count). The van der Waals surface area contributed by atoms with Crippen LogP contribution in [-0.2, 0) is 15.8 Å². The van der Waals surface area contributed by atoms with Gasteiger partial charge in [0.05, 0.1) is 33.8 Å². The first-order valence-electron chi connectivity index (χ1n) is 9.63. The molecule has 0 aliphatic carbocycles. The fourth-order valence-corrected chi connectivity index (χ4v) is 4.26. The summed E-state index contributed by atoms with van der Waals surface area (Å²) in [5, 5.41) is 0.574. The molecule has 2 saturated heterocycles. The second kappa shape index (κ2) is 8.33. The van der Waals surface area contributed by atoms with E-state index in [0.29, 0.717) is 42.6 Å². The third-order valence-corrected chi connectivity index (χ3v) is 6.32. The van der Waals surface area contributed by atoms with Crippen LogP contribution in [0.5, 0.6) is 0 Å².